The molecule has 1 fully saturated rings. The Morgan fingerprint density at radius 1 is 1.08 bits per heavy atom. The summed E-state index contributed by atoms with van der Waals surface area (Å²) >= 11 is 0. The van der Waals surface area contributed by atoms with E-state index in [2.05, 4.69) is 30.4 Å². The van der Waals surface area contributed by atoms with E-state index < -0.39 is 0 Å². The largest absolute Gasteiger partial charge is 0.497 e. The number of morpholine rings is 1. The Morgan fingerprint density at radius 2 is 1.96 bits per heavy atom. The van der Waals surface area contributed by atoms with Gasteiger partial charge in [0.05, 0.1) is 20.8 Å². The first-order chi connectivity index (χ1) is 12.2. The van der Waals surface area contributed by atoms with E-state index in [9.17, 15) is 0 Å². The van der Waals surface area contributed by atoms with Gasteiger partial charge in [-0.05, 0) is 24.6 Å². The highest BCUT2D eigenvalue weighted by Crippen LogP contribution is 2.36. The molecule has 1 aliphatic heterocycles. The van der Waals surface area contributed by atoms with Crippen molar-refractivity contribution in [2.24, 2.45) is 0 Å². The minimum atomic E-state index is -0.227. The molecule has 25 heavy (non-hydrogen) atoms. The van der Waals surface area contributed by atoms with Crippen LogP contribution in [0.2, 0.25) is 0 Å². The van der Waals surface area contributed by atoms with Gasteiger partial charge in [-0.3, -0.25) is 0 Å². The SMILES string of the molecule is COc1ccc(O[C@@H](c2cccc(C)c2)[C@@H]2CNCCO2)c(OC)c1. The maximum absolute atomic E-state index is 6.37. The molecule has 0 unspecified atom stereocenters. The lowest BCUT2D eigenvalue weighted by atomic mass is 10.0. The molecule has 2 atom stereocenters. The van der Waals surface area contributed by atoms with Crippen molar-refractivity contribution >= 4 is 0 Å². The number of benzene rings is 2. The van der Waals surface area contributed by atoms with E-state index in [4.69, 9.17) is 18.9 Å². The number of hydrogen-bond acceptors (Lipinski definition) is 5. The van der Waals surface area contributed by atoms with Crippen LogP contribution < -0.4 is 19.5 Å². The fraction of sp³-hybridized carbons (Fsp3) is 0.400. The molecule has 0 spiro atoms. The summed E-state index contributed by atoms with van der Waals surface area (Å²) in [5.41, 5.74) is 2.28. The van der Waals surface area contributed by atoms with Gasteiger partial charge in [0.2, 0.25) is 0 Å². The van der Waals surface area contributed by atoms with Gasteiger partial charge in [-0.25, -0.2) is 0 Å². The Hall–Kier alpha value is -2.24. The maximum atomic E-state index is 6.37. The van der Waals surface area contributed by atoms with Crippen molar-refractivity contribution in [2.45, 2.75) is 19.1 Å². The third-order valence-electron chi connectivity index (χ3n) is 4.29. The zero-order valence-corrected chi connectivity index (χ0v) is 15.0. The number of rotatable bonds is 6. The van der Waals surface area contributed by atoms with E-state index in [1.807, 2.05) is 24.3 Å². The molecule has 1 heterocycles. The van der Waals surface area contributed by atoms with Gasteiger partial charge < -0.3 is 24.3 Å². The fourth-order valence-electron chi connectivity index (χ4n) is 2.99. The molecule has 134 valence electrons. The van der Waals surface area contributed by atoms with Gasteiger partial charge in [0, 0.05) is 19.2 Å². The molecule has 5 heteroatoms. The van der Waals surface area contributed by atoms with Gasteiger partial charge in [0.1, 0.15) is 11.9 Å². The van der Waals surface area contributed by atoms with Crippen LogP contribution in [-0.2, 0) is 4.74 Å². The Labute approximate surface area is 148 Å². The first kappa shape index (κ1) is 17.6. The monoisotopic (exact) mass is 343 g/mol. The molecule has 1 aliphatic rings. The van der Waals surface area contributed by atoms with Gasteiger partial charge >= 0.3 is 0 Å². The summed E-state index contributed by atoms with van der Waals surface area (Å²) in [6.45, 7) is 4.37. The van der Waals surface area contributed by atoms with E-state index in [-0.39, 0.29) is 12.2 Å². The van der Waals surface area contributed by atoms with Crippen LogP contribution in [0.3, 0.4) is 0 Å². The fourth-order valence-corrected chi connectivity index (χ4v) is 2.99. The smallest absolute Gasteiger partial charge is 0.164 e. The Balaban J connectivity index is 1.92. The standard InChI is InChI=1S/C20H25NO4/c1-14-5-4-6-15(11-14)20(19-13-21-9-10-24-19)25-17-8-7-16(22-2)12-18(17)23-3/h4-8,11-12,19-21H,9-10,13H2,1-3H3/t19-,20-/m0/s1. The Kier molecular flexibility index (Phi) is 5.79. The minimum Gasteiger partial charge on any atom is -0.497 e. The second-order valence-corrected chi connectivity index (χ2v) is 6.08. The molecule has 5 nitrogen and oxygen atoms in total. The van der Waals surface area contributed by atoms with Crippen molar-refractivity contribution in [3.8, 4) is 17.2 Å². The molecule has 0 aliphatic carbocycles. The lowest BCUT2D eigenvalue weighted by molar-refractivity contribution is -0.0438. The Bertz CT molecular complexity index is 698. The highest BCUT2D eigenvalue weighted by atomic mass is 16.6. The third-order valence-corrected chi connectivity index (χ3v) is 4.29. The van der Waals surface area contributed by atoms with Crippen molar-refractivity contribution in [2.75, 3.05) is 33.9 Å². The lowest BCUT2D eigenvalue weighted by Crippen LogP contribution is -2.43. The van der Waals surface area contributed by atoms with Gasteiger partial charge in [0.15, 0.2) is 17.6 Å². The average molecular weight is 343 g/mol. The minimum absolute atomic E-state index is 0.0673. The summed E-state index contributed by atoms with van der Waals surface area (Å²) in [5.74, 6) is 2.04. The van der Waals surface area contributed by atoms with Crippen molar-refractivity contribution in [1.29, 1.82) is 0 Å². The number of hydrogen-bond donors (Lipinski definition) is 1. The number of ether oxygens (including phenoxy) is 4. The van der Waals surface area contributed by atoms with E-state index in [0.717, 1.165) is 24.4 Å². The molecule has 0 radical (unpaired) electrons. The van der Waals surface area contributed by atoms with Gasteiger partial charge in [-0.2, -0.15) is 0 Å². The molecule has 0 aromatic heterocycles. The van der Waals surface area contributed by atoms with Gasteiger partial charge in [-0.15, -0.1) is 0 Å². The summed E-state index contributed by atoms with van der Waals surface area (Å²) in [5, 5.41) is 3.38. The van der Waals surface area contributed by atoms with Crippen LogP contribution in [0.1, 0.15) is 17.2 Å². The van der Waals surface area contributed by atoms with Crippen LogP contribution in [0.25, 0.3) is 0 Å². The average Bonchev–Trinajstić information content (AvgIpc) is 2.66. The Morgan fingerprint density at radius 3 is 2.64 bits per heavy atom. The van der Waals surface area contributed by atoms with E-state index in [1.54, 1.807) is 14.2 Å². The second-order valence-electron chi connectivity index (χ2n) is 6.08. The van der Waals surface area contributed by atoms with E-state index in [0.29, 0.717) is 18.1 Å². The summed E-state index contributed by atoms with van der Waals surface area (Å²) in [7, 11) is 3.26. The molecular formula is C20H25NO4. The van der Waals surface area contributed by atoms with Crippen LogP contribution in [0.5, 0.6) is 17.2 Å². The zero-order chi connectivity index (χ0) is 17.6. The lowest BCUT2D eigenvalue weighted by Gasteiger charge is -2.32. The summed E-state index contributed by atoms with van der Waals surface area (Å²) in [6.07, 6.45) is -0.294. The number of methoxy groups -OCH3 is 2. The normalized spacial score (nSPS) is 18.4. The molecular weight excluding hydrogens is 318 g/mol. The molecule has 2 aromatic rings. The van der Waals surface area contributed by atoms with Crippen molar-refractivity contribution in [3.05, 3.63) is 53.6 Å². The van der Waals surface area contributed by atoms with Crippen LogP contribution in [0.15, 0.2) is 42.5 Å². The van der Waals surface area contributed by atoms with Crippen LogP contribution in [0.4, 0.5) is 0 Å². The summed E-state index contributed by atoms with van der Waals surface area (Å²) < 4.78 is 23.1. The maximum Gasteiger partial charge on any atom is 0.164 e. The van der Waals surface area contributed by atoms with E-state index >= 15 is 0 Å². The predicted octanol–water partition coefficient (Wildman–Crippen LogP) is 3.12. The molecule has 1 saturated heterocycles. The molecule has 0 bridgehead atoms. The van der Waals surface area contributed by atoms with Crippen LogP contribution >= 0.6 is 0 Å². The first-order valence-electron chi connectivity index (χ1n) is 8.49. The number of aryl methyl sites for hydroxylation is 1. The third kappa shape index (κ3) is 4.24. The second kappa shape index (κ2) is 8.23. The topological polar surface area (TPSA) is 49.0 Å². The predicted molar refractivity (Wildman–Crippen MR) is 96.7 cm³/mol. The van der Waals surface area contributed by atoms with Crippen LogP contribution in [0, 0.1) is 6.92 Å². The zero-order valence-electron chi connectivity index (χ0n) is 15.0. The molecule has 0 amide bonds. The summed E-state index contributed by atoms with van der Waals surface area (Å²) in [6, 6.07) is 13.9. The van der Waals surface area contributed by atoms with Gasteiger partial charge in [-0.1, -0.05) is 29.8 Å². The first-order valence-corrected chi connectivity index (χ1v) is 8.49. The van der Waals surface area contributed by atoms with Crippen molar-refractivity contribution in [1.82, 2.24) is 5.32 Å². The van der Waals surface area contributed by atoms with Crippen molar-refractivity contribution < 1.29 is 18.9 Å². The van der Waals surface area contributed by atoms with Crippen LogP contribution in [-0.4, -0.2) is 40.0 Å². The molecule has 0 saturated carbocycles. The molecule has 3 rings (SSSR count). The quantitative estimate of drug-likeness (QED) is 0.873. The summed E-state index contributed by atoms with van der Waals surface area (Å²) in [4.78, 5) is 0. The highest BCUT2D eigenvalue weighted by Gasteiger charge is 2.29. The molecule has 1 N–H and O–H groups in total. The van der Waals surface area contributed by atoms with E-state index in [1.165, 1.54) is 5.56 Å². The number of nitrogens with one attached hydrogen (secondary N) is 1. The highest BCUT2D eigenvalue weighted by molar-refractivity contribution is 5.46. The van der Waals surface area contributed by atoms with Crippen molar-refractivity contribution in [3.63, 3.8) is 0 Å². The molecule has 2 aromatic carbocycles. The van der Waals surface area contributed by atoms with Gasteiger partial charge in [0.25, 0.3) is 0 Å².